The van der Waals surface area contributed by atoms with E-state index >= 15 is 0 Å². The fourth-order valence-electron chi connectivity index (χ4n) is 2.23. The predicted molar refractivity (Wildman–Crippen MR) is 77.7 cm³/mol. The van der Waals surface area contributed by atoms with Crippen LogP contribution in [0, 0.1) is 0 Å². The van der Waals surface area contributed by atoms with Crippen LogP contribution >= 0.6 is 0 Å². The Labute approximate surface area is 118 Å². The van der Waals surface area contributed by atoms with E-state index in [0.29, 0.717) is 0 Å². The van der Waals surface area contributed by atoms with Crippen molar-refractivity contribution in [2.24, 2.45) is 0 Å². The molecule has 3 rings (SSSR count). The molecule has 0 spiro atoms. The average molecular weight is 270 g/mol. The maximum atomic E-state index is 5.39. The monoisotopic (exact) mass is 270 g/mol. The lowest BCUT2D eigenvalue weighted by atomic mass is 10.1. The summed E-state index contributed by atoms with van der Waals surface area (Å²) < 4.78 is 5.39. The van der Waals surface area contributed by atoms with Gasteiger partial charge in [-0.25, -0.2) is 9.97 Å². The van der Waals surface area contributed by atoms with E-state index in [9.17, 15) is 0 Å². The van der Waals surface area contributed by atoms with Gasteiger partial charge in [-0.15, -0.1) is 0 Å². The van der Waals surface area contributed by atoms with Crippen molar-refractivity contribution >= 4 is 5.95 Å². The van der Waals surface area contributed by atoms with Crippen LogP contribution in [0.1, 0.15) is 12.6 Å². The first-order chi connectivity index (χ1) is 9.86. The van der Waals surface area contributed by atoms with Crippen molar-refractivity contribution < 1.29 is 4.74 Å². The van der Waals surface area contributed by atoms with E-state index in [2.05, 4.69) is 21.8 Å². The summed E-state index contributed by atoms with van der Waals surface area (Å²) in [7, 11) is 0. The van der Waals surface area contributed by atoms with Gasteiger partial charge in [-0.3, -0.25) is 4.98 Å². The highest BCUT2D eigenvalue weighted by atomic mass is 16.5. The zero-order valence-corrected chi connectivity index (χ0v) is 11.6. The quantitative estimate of drug-likeness (QED) is 0.853. The number of rotatable bonds is 3. The SMILES string of the molecule is CCc1cc(-c2cccnc2)nc(N2CCOCC2)n1. The highest BCUT2D eigenvalue weighted by molar-refractivity contribution is 5.59. The molecule has 1 aliphatic heterocycles. The van der Waals surface area contributed by atoms with Gasteiger partial charge in [0.05, 0.1) is 18.9 Å². The highest BCUT2D eigenvalue weighted by Crippen LogP contribution is 2.20. The summed E-state index contributed by atoms with van der Waals surface area (Å²) >= 11 is 0. The zero-order chi connectivity index (χ0) is 13.8. The number of anilines is 1. The summed E-state index contributed by atoms with van der Waals surface area (Å²) in [5, 5.41) is 0. The molecule has 1 fully saturated rings. The molecule has 104 valence electrons. The van der Waals surface area contributed by atoms with Gasteiger partial charge >= 0.3 is 0 Å². The molecule has 0 unspecified atom stereocenters. The Morgan fingerprint density at radius 2 is 2.10 bits per heavy atom. The smallest absolute Gasteiger partial charge is 0.226 e. The van der Waals surface area contributed by atoms with Crippen molar-refractivity contribution in [3.05, 3.63) is 36.3 Å². The predicted octanol–water partition coefficient (Wildman–Crippen LogP) is 1.94. The second-order valence-electron chi connectivity index (χ2n) is 4.74. The van der Waals surface area contributed by atoms with E-state index in [4.69, 9.17) is 9.72 Å². The van der Waals surface area contributed by atoms with Crippen molar-refractivity contribution in [2.45, 2.75) is 13.3 Å². The molecular formula is C15H18N4O. The summed E-state index contributed by atoms with van der Waals surface area (Å²) in [6.07, 6.45) is 4.51. The largest absolute Gasteiger partial charge is 0.378 e. The van der Waals surface area contributed by atoms with Crippen molar-refractivity contribution in [3.8, 4) is 11.3 Å². The molecule has 0 aliphatic carbocycles. The van der Waals surface area contributed by atoms with Crippen LogP contribution in [0.2, 0.25) is 0 Å². The van der Waals surface area contributed by atoms with Crippen LogP contribution in [0.3, 0.4) is 0 Å². The zero-order valence-electron chi connectivity index (χ0n) is 11.6. The van der Waals surface area contributed by atoms with E-state index in [1.54, 1.807) is 6.20 Å². The molecule has 0 atom stereocenters. The first kappa shape index (κ1) is 13.0. The van der Waals surface area contributed by atoms with Gasteiger partial charge in [0.25, 0.3) is 0 Å². The Balaban J connectivity index is 1.98. The molecule has 0 radical (unpaired) electrons. The van der Waals surface area contributed by atoms with Gasteiger partial charge in [-0.1, -0.05) is 6.92 Å². The van der Waals surface area contributed by atoms with Crippen LogP contribution < -0.4 is 4.90 Å². The molecule has 1 aliphatic rings. The fraction of sp³-hybridized carbons (Fsp3) is 0.400. The Hall–Kier alpha value is -2.01. The van der Waals surface area contributed by atoms with E-state index in [-0.39, 0.29) is 0 Å². The van der Waals surface area contributed by atoms with Crippen molar-refractivity contribution in [1.29, 1.82) is 0 Å². The minimum atomic E-state index is 0.738. The Morgan fingerprint density at radius 1 is 1.25 bits per heavy atom. The summed E-state index contributed by atoms with van der Waals surface area (Å²) in [4.78, 5) is 15.7. The lowest BCUT2D eigenvalue weighted by Crippen LogP contribution is -2.37. The molecule has 2 aromatic rings. The normalized spacial score (nSPS) is 15.3. The van der Waals surface area contributed by atoms with E-state index < -0.39 is 0 Å². The Morgan fingerprint density at radius 3 is 2.80 bits per heavy atom. The molecule has 1 saturated heterocycles. The average Bonchev–Trinajstić information content (AvgIpc) is 2.56. The summed E-state index contributed by atoms with van der Waals surface area (Å²) in [6.45, 7) is 5.28. The van der Waals surface area contributed by atoms with E-state index in [1.807, 2.05) is 24.4 Å². The van der Waals surface area contributed by atoms with Crippen molar-refractivity contribution in [2.75, 3.05) is 31.2 Å². The first-order valence-corrected chi connectivity index (χ1v) is 6.98. The third-order valence-corrected chi connectivity index (χ3v) is 3.38. The minimum absolute atomic E-state index is 0.738. The van der Waals surface area contributed by atoms with Crippen LogP contribution in [-0.4, -0.2) is 41.3 Å². The van der Waals surface area contributed by atoms with Gasteiger partial charge in [0.2, 0.25) is 5.95 Å². The summed E-state index contributed by atoms with van der Waals surface area (Å²) in [5.41, 5.74) is 3.02. The Bertz CT molecular complexity index is 567. The molecule has 5 nitrogen and oxygen atoms in total. The van der Waals surface area contributed by atoms with Gasteiger partial charge in [0, 0.05) is 36.7 Å². The van der Waals surface area contributed by atoms with Crippen molar-refractivity contribution in [3.63, 3.8) is 0 Å². The summed E-state index contributed by atoms with van der Waals surface area (Å²) in [6, 6.07) is 6.00. The molecule has 3 heterocycles. The molecule has 20 heavy (non-hydrogen) atoms. The van der Waals surface area contributed by atoms with Crippen LogP contribution in [0.5, 0.6) is 0 Å². The van der Waals surface area contributed by atoms with E-state index in [1.165, 1.54) is 0 Å². The second-order valence-corrected chi connectivity index (χ2v) is 4.74. The third kappa shape index (κ3) is 2.77. The first-order valence-electron chi connectivity index (χ1n) is 6.98. The van der Waals surface area contributed by atoms with Gasteiger partial charge in [-0.05, 0) is 24.6 Å². The number of aryl methyl sites for hydroxylation is 1. The topological polar surface area (TPSA) is 51.1 Å². The lowest BCUT2D eigenvalue weighted by molar-refractivity contribution is 0.122. The van der Waals surface area contributed by atoms with Gasteiger partial charge in [-0.2, -0.15) is 0 Å². The van der Waals surface area contributed by atoms with E-state index in [0.717, 1.165) is 55.6 Å². The molecule has 0 bridgehead atoms. The molecule has 0 aromatic carbocycles. The molecule has 0 N–H and O–H groups in total. The minimum Gasteiger partial charge on any atom is -0.378 e. The molecule has 2 aromatic heterocycles. The van der Waals surface area contributed by atoms with Gasteiger partial charge in [0.1, 0.15) is 0 Å². The van der Waals surface area contributed by atoms with Crippen LogP contribution in [0.15, 0.2) is 30.6 Å². The van der Waals surface area contributed by atoms with Crippen LogP contribution in [0.25, 0.3) is 11.3 Å². The molecule has 0 amide bonds. The molecule has 5 heteroatoms. The highest BCUT2D eigenvalue weighted by Gasteiger charge is 2.15. The third-order valence-electron chi connectivity index (χ3n) is 3.38. The van der Waals surface area contributed by atoms with Crippen LogP contribution in [-0.2, 0) is 11.2 Å². The van der Waals surface area contributed by atoms with Gasteiger partial charge in [0.15, 0.2) is 0 Å². The Kier molecular flexibility index (Phi) is 3.87. The standard InChI is InChI=1S/C15H18N4O/c1-2-13-10-14(12-4-3-5-16-11-12)18-15(17-13)19-6-8-20-9-7-19/h3-5,10-11H,2,6-9H2,1H3. The second kappa shape index (κ2) is 5.96. The maximum absolute atomic E-state index is 5.39. The van der Waals surface area contributed by atoms with Crippen LogP contribution in [0.4, 0.5) is 5.95 Å². The molecular weight excluding hydrogens is 252 g/mol. The number of nitrogens with zero attached hydrogens (tertiary/aromatic N) is 4. The maximum Gasteiger partial charge on any atom is 0.226 e. The number of hydrogen-bond donors (Lipinski definition) is 0. The molecule has 0 saturated carbocycles. The lowest BCUT2D eigenvalue weighted by Gasteiger charge is -2.27. The number of hydrogen-bond acceptors (Lipinski definition) is 5. The summed E-state index contributed by atoms with van der Waals surface area (Å²) in [5.74, 6) is 0.798. The fourth-order valence-corrected chi connectivity index (χ4v) is 2.23. The van der Waals surface area contributed by atoms with Gasteiger partial charge < -0.3 is 9.64 Å². The number of pyridine rings is 1. The van der Waals surface area contributed by atoms with Crippen molar-refractivity contribution in [1.82, 2.24) is 15.0 Å². The number of morpholine rings is 1. The number of ether oxygens (including phenoxy) is 1. The number of aromatic nitrogens is 3.